The summed E-state index contributed by atoms with van der Waals surface area (Å²) >= 11 is 0. The average Bonchev–Trinajstić information content (AvgIpc) is 3.01. The minimum atomic E-state index is -0.184. The van der Waals surface area contributed by atoms with Crippen LogP contribution in [0.2, 0.25) is 0 Å². The largest absolute Gasteiger partial charge is 0.468 e. The molecule has 0 aliphatic heterocycles. The fraction of sp³-hybridized carbons (Fsp3) is 0.400. The number of carbonyl (C=O) groups excluding carboxylic acids is 1. The maximum Gasteiger partial charge on any atom is 0.254 e. The van der Waals surface area contributed by atoms with Gasteiger partial charge in [-0.15, -0.1) is 0 Å². The Morgan fingerprint density at radius 1 is 1.38 bits per heavy atom. The first-order valence-corrected chi connectivity index (χ1v) is 6.90. The Hall–Kier alpha value is -2.21. The van der Waals surface area contributed by atoms with E-state index in [-0.39, 0.29) is 11.9 Å². The zero-order chi connectivity index (χ0) is 15.2. The maximum atomic E-state index is 12.1. The van der Waals surface area contributed by atoms with Gasteiger partial charge in [0.1, 0.15) is 11.6 Å². The van der Waals surface area contributed by atoms with Crippen molar-refractivity contribution < 1.29 is 9.21 Å². The van der Waals surface area contributed by atoms with Crippen molar-refractivity contribution in [3.8, 4) is 0 Å². The second kappa shape index (κ2) is 6.99. The first kappa shape index (κ1) is 15.2. The van der Waals surface area contributed by atoms with Gasteiger partial charge in [0, 0.05) is 25.4 Å². The number of rotatable bonds is 6. The van der Waals surface area contributed by atoms with Gasteiger partial charge >= 0.3 is 0 Å². The van der Waals surface area contributed by atoms with Crippen molar-refractivity contribution in [2.45, 2.75) is 19.4 Å². The molecule has 0 spiro atoms. The molecule has 1 unspecified atom stereocenters. The Morgan fingerprint density at radius 3 is 2.62 bits per heavy atom. The summed E-state index contributed by atoms with van der Waals surface area (Å²) in [5, 5.41) is 2.89. The van der Waals surface area contributed by atoms with Crippen LogP contribution in [0.15, 0.2) is 35.2 Å². The van der Waals surface area contributed by atoms with Crippen molar-refractivity contribution in [3.63, 3.8) is 0 Å². The van der Waals surface area contributed by atoms with Crippen molar-refractivity contribution in [1.29, 1.82) is 0 Å². The van der Waals surface area contributed by atoms with E-state index in [4.69, 9.17) is 4.42 Å². The number of furan rings is 1. The summed E-state index contributed by atoms with van der Waals surface area (Å²) in [6.45, 7) is 2.43. The zero-order valence-electron chi connectivity index (χ0n) is 12.5. The van der Waals surface area contributed by atoms with Crippen LogP contribution in [0.5, 0.6) is 0 Å². The lowest BCUT2D eigenvalue weighted by atomic mass is 10.2. The molecule has 0 aliphatic carbocycles. The number of nitrogens with zero attached hydrogens (tertiary/aromatic N) is 3. The van der Waals surface area contributed by atoms with Crippen LogP contribution < -0.4 is 5.32 Å². The predicted molar refractivity (Wildman–Crippen MR) is 78.9 cm³/mol. The van der Waals surface area contributed by atoms with Crippen LogP contribution in [0.3, 0.4) is 0 Å². The Kier molecular flexibility index (Phi) is 5.05. The summed E-state index contributed by atoms with van der Waals surface area (Å²) in [4.78, 5) is 22.4. The summed E-state index contributed by atoms with van der Waals surface area (Å²) in [6, 6.07) is 3.72. The van der Waals surface area contributed by atoms with Gasteiger partial charge in [-0.2, -0.15) is 0 Å². The highest BCUT2D eigenvalue weighted by molar-refractivity contribution is 5.93. The van der Waals surface area contributed by atoms with Crippen molar-refractivity contribution in [1.82, 2.24) is 20.2 Å². The van der Waals surface area contributed by atoms with Crippen LogP contribution in [-0.4, -0.2) is 41.4 Å². The van der Waals surface area contributed by atoms with E-state index < -0.39 is 0 Å². The standard InChI is InChI=1S/C15H20N4O2/c1-4-14-16-8-11(9-17-14)15(20)18-10-12(19(2)3)13-6-5-7-21-13/h5-9,12H,4,10H2,1-3H3,(H,18,20). The lowest BCUT2D eigenvalue weighted by Crippen LogP contribution is -2.34. The SMILES string of the molecule is CCc1ncc(C(=O)NCC(c2ccco2)N(C)C)cn1. The van der Waals surface area contributed by atoms with Crippen molar-refractivity contribution in [2.75, 3.05) is 20.6 Å². The van der Waals surface area contributed by atoms with Gasteiger partial charge in [0.15, 0.2) is 0 Å². The molecule has 0 bridgehead atoms. The van der Waals surface area contributed by atoms with E-state index in [1.165, 1.54) is 0 Å². The zero-order valence-corrected chi connectivity index (χ0v) is 12.5. The van der Waals surface area contributed by atoms with Crippen LogP contribution in [-0.2, 0) is 6.42 Å². The molecule has 0 radical (unpaired) electrons. The highest BCUT2D eigenvalue weighted by Gasteiger charge is 2.18. The van der Waals surface area contributed by atoms with Crippen molar-refractivity contribution in [3.05, 3.63) is 47.9 Å². The van der Waals surface area contributed by atoms with E-state index >= 15 is 0 Å². The number of hydrogen-bond donors (Lipinski definition) is 1. The molecule has 0 aromatic carbocycles. The maximum absolute atomic E-state index is 12.1. The summed E-state index contributed by atoms with van der Waals surface area (Å²) in [5.41, 5.74) is 0.462. The molecule has 21 heavy (non-hydrogen) atoms. The Balaban J connectivity index is 1.98. The molecule has 0 saturated carbocycles. The number of carbonyl (C=O) groups is 1. The van der Waals surface area contributed by atoms with E-state index in [1.54, 1.807) is 18.7 Å². The third kappa shape index (κ3) is 3.88. The predicted octanol–water partition coefficient (Wildman–Crippen LogP) is 1.66. The van der Waals surface area contributed by atoms with Gasteiger partial charge < -0.3 is 9.73 Å². The summed E-state index contributed by atoms with van der Waals surface area (Å²) in [6.07, 6.45) is 5.49. The molecule has 2 rings (SSSR count). The third-order valence-corrected chi connectivity index (χ3v) is 3.23. The van der Waals surface area contributed by atoms with Gasteiger partial charge in [0.2, 0.25) is 0 Å². The number of amides is 1. The van der Waals surface area contributed by atoms with Gasteiger partial charge in [0.05, 0.1) is 17.9 Å². The van der Waals surface area contributed by atoms with Gasteiger partial charge in [-0.25, -0.2) is 9.97 Å². The fourth-order valence-electron chi connectivity index (χ4n) is 1.96. The molecule has 2 aromatic heterocycles. The lowest BCUT2D eigenvalue weighted by Gasteiger charge is -2.22. The Labute approximate surface area is 124 Å². The van der Waals surface area contributed by atoms with Gasteiger partial charge in [-0.3, -0.25) is 9.69 Å². The van der Waals surface area contributed by atoms with Crippen LogP contribution in [0.1, 0.15) is 34.9 Å². The van der Waals surface area contributed by atoms with E-state index in [1.807, 2.05) is 38.1 Å². The number of nitrogens with one attached hydrogen (secondary N) is 1. The normalized spacial score (nSPS) is 12.4. The molecule has 1 atom stereocenters. The van der Waals surface area contributed by atoms with Crippen LogP contribution in [0.25, 0.3) is 0 Å². The van der Waals surface area contributed by atoms with E-state index in [2.05, 4.69) is 15.3 Å². The van der Waals surface area contributed by atoms with E-state index in [0.29, 0.717) is 12.1 Å². The highest BCUT2D eigenvalue weighted by Crippen LogP contribution is 2.17. The molecule has 0 saturated heterocycles. The molecule has 1 amide bonds. The minimum Gasteiger partial charge on any atom is -0.468 e. The summed E-state index contributed by atoms with van der Waals surface area (Å²) in [7, 11) is 3.89. The minimum absolute atomic E-state index is 0.0141. The average molecular weight is 288 g/mol. The quantitative estimate of drug-likeness (QED) is 0.875. The topological polar surface area (TPSA) is 71.3 Å². The van der Waals surface area contributed by atoms with Crippen molar-refractivity contribution in [2.24, 2.45) is 0 Å². The van der Waals surface area contributed by atoms with E-state index in [0.717, 1.165) is 18.0 Å². The Bertz CT molecular complexity index is 564. The van der Waals surface area contributed by atoms with E-state index in [9.17, 15) is 4.79 Å². The molecule has 2 heterocycles. The third-order valence-electron chi connectivity index (χ3n) is 3.23. The molecule has 0 aliphatic rings. The van der Waals surface area contributed by atoms with Crippen LogP contribution in [0.4, 0.5) is 0 Å². The molecular formula is C15H20N4O2. The summed E-state index contributed by atoms with van der Waals surface area (Å²) in [5.74, 6) is 1.36. The molecule has 6 nitrogen and oxygen atoms in total. The molecule has 1 N–H and O–H groups in total. The molecule has 2 aromatic rings. The molecule has 0 fully saturated rings. The van der Waals surface area contributed by atoms with Gasteiger partial charge in [0.25, 0.3) is 5.91 Å². The second-order valence-corrected chi connectivity index (χ2v) is 4.95. The molecule has 6 heteroatoms. The molecule has 112 valence electrons. The van der Waals surface area contributed by atoms with Crippen LogP contribution in [0, 0.1) is 0 Å². The number of hydrogen-bond acceptors (Lipinski definition) is 5. The van der Waals surface area contributed by atoms with Crippen molar-refractivity contribution >= 4 is 5.91 Å². The number of aromatic nitrogens is 2. The smallest absolute Gasteiger partial charge is 0.254 e. The first-order valence-electron chi connectivity index (χ1n) is 6.90. The monoisotopic (exact) mass is 288 g/mol. The number of likely N-dealkylation sites (N-methyl/N-ethyl adjacent to an activating group) is 1. The van der Waals surface area contributed by atoms with Gasteiger partial charge in [-0.1, -0.05) is 6.92 Å². The molecular weight excluding hydrogens is 268 g/mol. The lowest BCUT2D eigenvalue weighted by molar-refractivity contribution is 0.0938. The number of aryl methyl sites for hydroxylation is 1. The van der Waals surface area contributed by atoms with Crippen LogP contribution >= 0.6 is 0 Å². The highest BCUT2D eigenvalue weighted by atomic mass is 16.3. The van der Waals surface area contributed by atoms with Gasteiger partial charge in [-0.05, 0) is 26.2 Å². The first-order chi connectivity index (χ1) is 10.1. The summed E-state index contributed by atoms with van der Waals surface area (Å²) < 4.78 is 5.41. The fourth-order valence-corrected chi connectivity index (χ4v) is 1.96. The Morgan fingerprint density at radius 2 is 2.10 bits per heavy atom. The second-order valence-electron chi connectivity index (χ2n) is 4.95.